The van der Waals surface area contributed by atoms with Gasteiger partial charge in [0.05, 0.1) is 12.1 Å². The molecule has 24 heavy (non-hydrogen) atoms. The number of ether oxygens (including phenoxy) is 2. The summed E-state index contributed by atoms with van der Waals surface area (Å²) in [7, 11) is 0. The van der Waals surface area contributed by atoms with Gasteiger partial charge in [0.1, 0.15) is 11.3 Å². The number of hydrogen-bond acceptors (Lipinski definition) is 6. The van der Waals surface area contributed by atoms with Gasteiger partial charge in [0.15, 0.2) is 5.41 Å². The topological polar surface area (TPSA) is 104 Å². The lowest BCUT2D eigenvalue weighted by Gasteiger charge is -2.31. The van der Waals surface area contributed by atoms with Crippen LogP contribution in [0.1, 0.15) is 25.3 Å². The lowest BCUT2D eigenvalue weighted by molar-refractivity contribution is -0.255. The number of aliphatic imine (C=N–C) groups is 1. The number of rotatable bonds is 5. The van der Waals surface area contributed by atoms with Crippen molar-refractivity contribution in [1.29, 1.82) is 10.5 Å². The predicted molar refractivity (Wildman–Crippen MR) is 87.9 cm³/mol. The molecule has 1 aromatic carbocycles. The van der Waals surface area contributed by atoms with E-state index in [1.54, 1.807) is 32.0 Å². The van der Waals surface area contributed by atoms with Crippen molar-refractivity contribution < 1.29 is 9.47 Å². The first kappa shape index (κ1) is 16.7. The van der Waals surface area contributed by atoms with Gasteiger partial charge in [-0.15, -0.1) is 0 Å². The first-order chi connectivity index (χ1) is 11.5. The van der Waals surface area contributed by atoms with Crippen molar-refractivity contribution in [3.63, 3.8) is 0 Å². The highest BCUT2D eigenvalue weighted by Crippen LogP contribution is 2.82. The molecule has 0 bridgehead atoms. The highest BCUT2D eigenvalue weighted by atomic mass is 35.5. The van der Waals surface area contributed by atoms with Gasteiger partial charge in [0, 0.05) is 24.2 Å². The van der Waals surface area contributed by atoms with E-state index in [1.165, 1.54) is 0 Å². The molecule has 1 aromatic rings. The Labute approximate surface area is 145 Å². The van der Waals surface area contributed by atoms with Crippen LogP contribution in [0.25, 0.3) is 0 Å². The monoisotopic (exact) mass is 344 g/mol. The zero-order chi connectivity index (χ0) is 17.6. The van der Waals surface area contributed by atoms with E-state index >= 15 is 0 Å². The molecule has 1 saturated carbocycles. The molecule has 3 atom stereocenters. The summed E-state index contributed by atoms with van der Waals surface area (Å²) in [6.45, 7) is 4.07. The number of nitriles is 2. The van der Waals surface area contributed by atoms with Crippen molar-refractivity contribution in [2.24, 2.45) is 21.6 Å². The van der Waals surface area contributed by atoms with E-state index in [-0.39, 0.29) is 19.0 Å². The van der Waals surface area contributed by atoms with Gasteiger partial charge >= 0.3 is 0 Å². The van der Waals surface area contributed by atoms with Crippen molar-refractivity contribution >= 4 is 17.4 Å². The minimum atomic E-state index is -1.60. The van der Waals surface area contributed by atoms with Gasteiger partial charge in [-0.2, -0.15) is 10.5 Å². The van der Waals surface area contributed by atoms with Crippen LogP contribution in [0.4, 0.5) is 0 Å². The molecule has 0 unspecified atom stereocenters. The van der Waals surface area contributed by atoms with E-state index in [0.717, 1.165) is 0 Å². The summed E-state index contributed by atoms with van der Waals surface area (Å²) in [6.07, 6.45) is 0. The normalized spacial score (nSPS) is 32.4. The van der Waals surface area contributed by atoms with Gasteiger partial charge in [-0.25, -0.2) is 4.99 Å². The number of hydrogen-bond donors (Lipinski definition) is 1. The van der Waals surface area contributed by atoms with Gasteiger partial charge < -0.3 is 15.2 Å². The van der Waals surface area contributed by atoms with E-state index < -0.39 is 22.7 Å². The first-order valence-electron chi connectivity index (χ1n) is 7.72. The molecular weight excluding hydrogens is 328 g/mol. The lowest BCUT2D eigenvalue weighted by atomic mass is 9.93. The average Bonchev–Trinajstić information content (AvgIpc) is 3.14. The Bertz CT molecular complexity index is 791. The maximum absolute atomic E-state index is 10.1. The fourth-order valence-electron chi connectivity index (χ4n) is 3.93. The van der Waals surface area contributed by atoms with Crippen LogP contribution in [0.3, 0.4) is 0 Å². The summed E-state index contributed by atoms with van der Waals surface area (Å²) in [5, 5.41) is 20.4. The predicted octanol–water partition coefficient (Wildman–Crippen LogP) is 2.55. The molecule has 1 fully saturated rings. The molecule has 1 aliphatic carbocycles. The standard InChI is InChI=1S/C17H17ClN4O2/c1-3-23-17(24-4-2)16(10-20)13(11-7-5-6-8-12(11)18)15(16,9-19)14(21)22-17/h5-8,13H,3-4H2,1-2H3,(H2,21,22)/t13-,15+,16-/m0/s1. The number of nitrogens with zero attached hydrogens (tertiary/aromatic N) is 3. The molecule has 1 heterocycles. The van der Waals surface area contributed by atoms with E-state index in [4.69, 9.17) is 26.8 Å². The van der Waals surface area contributed by atoms with Gasteiger partial charge in [-0.1, -0.05) is 29.8 Å². The molecule has 124 valence electrons. The molecule has 6 nitrogen and oxygen atoms in total. The Kier molecular flexibility index (Phi) is 3.80. The van der Waals surface area contributed by atoms with Gasteiger partial charge in [-0.3, -0.25) is 0 Å². The Morgan fingerprint density at radius 1 is 1.21 bits per heavy atom. The van der Waals surface area contributed by atoms with E-state index in [0.29, 0.717) is 10.6 Å². The Morgan fingerprint density at radius 3 is 2.33 bits per heavy atom. The van der Waals surface area contributed by atoms with Crippen LogP contribution in [0.2, 0.25) is 5.02 Å². The van der Waals surface area contributed by atoms with Crippen LogP contribution >= 0.6 is 11.6 Å². The minimum absolute atomic E-state index is 0.0540. The van der Waals surface area contributed by atoms with Crippen molar-refractivity contribution in [2.75, 3.05) is 13.2 Å². The number of fused-ring (bicyclic) bond motifs is 1. The average molecular weight is 345 g/mol. The molecule has 3 rings (SSSR count). The van der Waals surface area contributed by atoms with Gasteiger partial charge in [0.25, 0.3) is 5.91 Å². The second-order valence-electron chi connectivity index (χ2n) is 5.74. The molecule has 0 amide bonds. The van der Waals surface area contributed by atoms with Crippen LogP contribution in [0.15, 0.2) is 29.3 Å². The van der Waals surface area contributed by atoms with Crippen molar-refractivity contribution in [3.8, 4) is 12.1 Å². The summed E-state index contributed by atoms with van der Waals surface area (Å²) in [5.41, 5.74) is 4.11. The third-order valence-electron chi connectivity index (χ3n) is 4.82. The summed E-state index contributed by atoms with van der Waals surface area (Å²) in [4.78, 5) is 4.28. The summed E-state index contributed by atoms with van der Waals surface area (Å²) >= 11 is 6.32. The fraction of sp³-hybridized carbons (Fsp3) is 0.471. The van der Waals surface area contributed by atoms with Crippen LogP contribution in [-0.2, 0) is 9.47 Å². The molecule has 0 radical (unpaired) electrons. The third kappa shape index (κ3) is 1.63. The van der Waals surface area contributed by atoms with Crippen molar-refractivity contribution in [2.45, 2.75) is 25.7 Å². The summed E-state index contributed by atoms with van der Waals surface area (Å²) < 4.78 is 11.5. The summed E-state index contributed by atoms with van der Waals surface area (Å²) in [5.74, 6) is -2.11. The molecule has 0 aromatic heterocycles. The molecule has 7 heteroatoms. The second-order valence-corrected chi connectivity index (χ2v) is 6.15. The molecule has 2 aliphatic rings. The Hall–Kier alpha value is -2.12. The summed E-state index contributed by atoms with van der Waals surface area (Å²) in [6, 6.07) is 11.6. The number of halogens is 1. The van der Waals surface area contributed by atoms with Crippen molar-refractivity contribution in [1.82, 2.24) is 0 Å². The largest absolute Gasteiger partial charge is 0.386 e. The lowest BCUT2D eigenvalue weighted by Crippen LogP contribution is -2.43. The quantitative estimate of drug-likeness (QED) is 0.826. The number of amidine groups is 1. The van der Waals surface area contributed by atoms with Gasteiger partial charge in [-0.05, 0) is 25.5 Å². The van der Waals surface area contributed by atoms with Crippen LogP contribution in [0.5, 0.6) is 0 Å². The van der Waals surface area contributed by atoms with E-state index in [9.17, 15) is 10.5 Å². The first-order valence-corrected chi connectivity index (χ1v) is 8.09. The van der Waals surface area contributed by atoms with E-state index in [1.807, 2.05) is 6.07 Å². The van der Waals surface area contributed by atoms with Crippen LogP contribution < -0.4 is 5.73 Å². The molecule has 0 saturated heterocycles. The van der Waals surface area contributed by atoms with Gasteiger partial charge in [0.2, 0.25) is 0 Å². The second kappa shape index (κ2) is 5.46. The van der Waals surface area contributed by atoms with Crippen LogP contribution in [0, 0.1) is 33.5 Å². The smallest absolute Gasteiger partial charge is 0.293 e. The maximum Gasteiger partial charge on any atom is 0.293 e. The Balaban J connectivity index is 2.25. The SMILES string of the molecule is CCOC1(OCC)N=C(N)[C@@]2(C#N)[C@H](c3ccccc3Cl)[C@]12C#N. The molecular formula is C17H17ClN4O2. The number of benzene rings is 1. The van der Waals surface area contributed by atoms with Crippen molar-refractivity contribution in [3.05, 3.63) is 34.9 Å². The highest BCUT2D eigenvalue weighted by Gasteiger charge is 2.93. The van der Waals surface area contributed by atoms with Crippen LogP contribution in [-0.4, -0.2) is 25.0 Å². The highest BCUT2D eigenvalue weighted by molar-refractivity contribution is 6.31. The fourth-order valence-corrected chi connectivity index (χ4v) is 4.17. The molecule has 2 N–H and O–H groups in total. The minimum Gasteiger partial charge on any atom is -0.386 e. The zero-order valence-electron chi connectivity index (χ0n) is 13.4. The van der Waals surface area contributed by atoms with E-state index in [2.05, 4.69) is 17.1 Å². The zero-order valence-corrected chi connectivity index (χ0v) is 14.2. The molecule has 1 aliphatic heterocycles. The third-order valence-corrected chi connectivity index (χ3v) is 5.17. The Morgan fingerprint density at radius 2 is 1.83 bits per heavy atom. The maximum atomic E-state index is 10.1. The number of nitrogens with two attached hydrogens (primary N) is 1. The molecule has 0 spiro atoms.